The predicted molar refractivity (Wildman–Crippen MR) is 259 cm³/mol. The lowest BCUT2D eigenvalue weighted by atomic mass is 9.85. The van der Waals surface area contributed by atoms with Gasteiger partial charge in [-0.15, -0.1) is 0 Å². The van der Waals surface area contributed by atoms with E-state index in [1.54, 1.807) is 0 Å². The minimum absolute atomic E-state index is 1.10. The van der Waals surface area contributed by atoms with E-state index in [0.717, 1.165) is 47.0 Å². The van der Waals surface area contributed by atoms with E-state index < -0.39 is 0 Å². The lowest BCUT2D eigenvalue weighted by Crippen LogP contribution is -2.10. The first kappa shape index (κ1) is 38.6. The van der Waals surface area contributed by atoms with Gasteiger partial charge < -0.3 is 9.80 Å². The zero-order valence-electron chi connectivity index (χ0n) is 34.8. The molecule has 0 aliphatic heterocycles. The Morgan fingerprint density at radius 3 is 0.967 bits per heavy atom. The highest BCUT2D eigenvalue weighted by atomic mass is 15.1. The van der Waals surface area contributed by atoms with Gasteiger partial charge in [0, 0.05) is 34.1 Å². The molecule has 2 nitrogen and oxygen atoms in total. The molecule has 9 aromatic rings. The molecule has 0 radical (unpaired) electrons. The Morgan fingerprint density at radius 2 is 0.617 bits per heavy atom. The van der Waals surface area contributed by atoms with Crippen LogP contribution in [0.1, 0.15) is 50.7 Å². The molecule has 0 N–H and O–H groups in total. The van der Waals surface area contributed by atoms with E-state index in [4.69, 9.17) is 0 Å². The van der Waals surface area contributed by atoms with Gasteiger partial charge in [0.25, 0.3) is 0 Å². The van der Waals surface area contributed by atoms with E-state index in [1.165, 1.54) is 80.6 Å². The molecular formula is C58H52N2. The molecule has 0 fully saturated rings. The van der Waals surface area contributed by atoms with Crippen LogP contribution in [-0.2, 0) is 12.8 Å². The molecule has 0 aromatic heterocycles. The molecule has 0 saturated carbocycles. The van der Waals surface area contributed by atoms with E-state index in [0.29, 0.717) is 0 Å². The van der Waals surface area contributed by atoms with Gasteiger partial charge in [-0.1, -0.05) is 160 Å². The van der Waals surface area contributed by atoms with Crippen molar-refractivity contribution in [3.63, 3.8) is 0 Å². The summed E-state index contributed by atoms with van der Waals surface area (Å²) in [5, 5.41) is 4.90. The summed E-state index contributed by atoms with van der Waals surface area (Å²) in [4.78, 5) is 4.80. The fraction of sp³-hybridized carbons (Fsp3) is 0.138. The number of benzene rings is 9. The van der Waals surface area contributed by atoms with Gasteiger partial charge in [-0.05, 0) is 153 Å². The van der Waals surface area contributed by atoms with Crippen LogP contribution in [0, 0.1) is 0 Å². The molecule has 0 saturated heterocycles. The second-order valence-corrected chi connectivity index (χ2v) is 15.8. The van der Waals surface area contributed by atoms with Gasteiger partial charge in [-0.3, -0.25) is 0 Å². The molecule has 294 valence electrons. The quantitative estimate of drug-likeness (QED) is 0.102. The molecule has 0 atom stereocenters. The van der Waals surface area contributed by atoms with Crippen LogP contribution in [0.5, 0.6) is 0 Å². The van der Waals surface area contributed by atoms with E-state index in [1.807, 2.05) is 0 Å². The lowest BCUT2D eigenvalue weighted by molar-refractivity contribution is 0.795. The molecule has 2 heteroatoms. The maximum Gasteiger partial charge on any atom is 0.0468 e. The normalized spacial score (nSPS) is 11.2. The van der Waals surface area contributed by atoms with Gasteiger partial charge in [-0.2, -0.15) is 0 Å². The summed E-state index contributed by atoms with van der Waals surface area (Å²) in [6.07, 6.45) is 6.98. The fourth-order valence-corrected chi connectivity index (χ4v) is 8.75. The first-order valence-electron chi connectivity index (χ1n) is 21.7. The number of aryl methyl sites for hydroxylation is 2. The Balaban J connectivity index is 1.30. The number of hydrogen-bond donors (Lipinski definition) is 0. The van der Waals surface area contributed by atoms with Gasteiger partial charge >= 0.3 is 0 Å². The van der Waals surface area contributed by atoms with Crippen LogP contribution in [0.2, 0.25) is 0 Å². The fourth-order valence-electron chi connectivity index (χ4n) is 8.75. The third kappa shape index (κ3) is 7.94. The van der Waals surface area contributed by atoms with E-state index in [-0.39, 0.29) is 0 Å². The van der Waals surface area contributed by atoms with Crippen LogP contribution in [0.15, 0.2) is 206 Å². The van der Waals surface area contributed by atoms with Crippen molar-refractivity contribution in [1.29, 1.82) is 0 Å². The van der Waals surface area contributed by atoms with Crippen molar-refractivity contribution >= 4 is 55.7 Å². The first-order chi connectivity index (χ1) is 29.7. The van der Waals surface area contributed by atoms with Gasteiger partial charge in [0.05, 0.1) is 0 Å². The van der Waals surface area contributed by atoms with E-state index >= 15 is 0 Å². The van der Waals surface area contributed by atoms with Crippen molar-refractivity contribution in [3.8, 4) is 22.3 Å². The number of anilines is 6. The number of para-hydroxylation sites is 2. The second kappa shape index (κ2) is 17.9. The zero-order valence-corrected chi connectivity index (χ0v) is 34.8. The van der Waals surface area contributed by atoms with Crippen LogP contribution < -0.4 is 9.80 Å². The second-order valence-electron chi connectivity index (χ2n) is 15.8. The molecular weight excluding hydrogens is 725 g/mol. The minimum Gasteiger partial charge on any atom is -0.310 e. The van der Waals surface area contributed by atoms with Crippen molar-refractivity contribution in [2.45, 2.75) is 52.4 Å². The topological polar surface area (TPSA) is 6.48 Å². The SMILES string of the molecule is CCCCc1ccc(N(c2ccccc2)c2ccc3c(-c4ccccc4)c4cc(N(c5ccccc5)c5ccc(CCCC)cc5)ccc4c(-c4ccccc4)c3c2)cc1. The Kier molecular flexibility index (Phi) is 11.5. The largest absolute Gasteiger partial charge is 0.310 e. The number of fused-ring (bicyclic) bond motifs is 2. The summed E-state index contributed by atoms with van der Waals surface area (Å²) >= 11 is 0. The summed E-state index contributed by atoms with van der Waals surface area (Å²) in [5.74, 6) is 0. The minimum atomic E-state index is 1.10. The maximum absolute atomic E-state index is 2.42. The molecule has 0 bridgehead atoms. The highest BCUT2D eigenvalue weighted by Gasteiger charge is 2.22. The van der Waals surface area contributed by atoms with Gasteiger partial charge in [0.2, 0.25) is 0 Å². The average molecular weight is 777 g/mol. The van der Waals surface area contributed by atoms with Crippen LogP contribution in [-0.4, -0.2) is 0 Å². The highest BCUT2D eigenvalue weighted by molar-refractivity contribution is 6.22. The predicted octanol–water partition coefficient (Wildman–Crippen LogP) is 17.0. The molecule has 0 aliphatic rings. The Labute approximate surface area is 356 Å². The molecule has 9 aromatic carbocycles. The van der Waals surface area contributed by atoms with Crippen LogP contribution >= 0.6 is 0 Å². The van der Waals surface area contributed by atoms with Crippen LogP contribution in [0.25, 0.3) is 43.8 Å². The van der Waals surface area contributed by atoms with Crippen molar-refractivity contribution < 1.29 is 0 Å². The summed E-state index contributed by atoms with van der Waals surface area (Å²) in [6.45, 7) is 4.52. The zero-order chi connectivity index (χ0) is 40.7. The summed E-state index contributed by atoms with van der Waals surface area (Å²) in [7, 11) is 0. The lowest BCUT2D eigenvalue weighted by Gasteiger charge is -2.28. The molecule has 60 heavy (non-hydrogen) atoms. The van der Waals surface area contributed by atoms with Crippen molar-refractivity contribution in [2.24, 2.45) is 0 Å². The summed E-state index contributed by atoms with van der Waals surface area (Å²) in [5.41, 5.74) is 14.5. The molecule has 0 aliphatic carbocycles. The average Bonchev–Trinajstić information content (AvgIpc) is 3.31. The van der Waals surface area contributed by atoms with Crippen LogP contribution in [0.3, 0.4) is 0 Å². The molecule has 0 heterocycles. The standard InChI is InChI=1S/C58H52N2/c1-3-5-19-43-29-33-49(34-30-43)59(47-25-15-9-16-26-47)51-37-39-53-55(41-51)57(45-21-11-7-12-22-45)54-40-38-52(42-56(54)58(53)46-23-13-8-14-24-46)60(48-27-17-10-18-28-48)50-35-31-44(32-36-50)20-6-4-2/h7-18,21-42H,3-6,19-20H2,1-2H3. The first-order valence-corrected chi connectivity index (χ1v) is 21.7. The number of unbranched alkanes of at least 4 members (excludes halogenated alkanes) is 2. The third-order valence-electron chi connectivity index (χ3n) is 11.8. The Hall–Kier alpha value is -6.90. The van der Waals surface area contributed by atoms with E-state index in [2.05, 4.69) is 230 Å². The highest BCUT2D eigenvalue weighted by Crippen LogP contribution is 2.48. The number of hydrogen-bond acceptors (Lipinski definition) is 2. The number of nitrogens with zero attached hydrogens (tertiary/aromatic N) is 2. The molecule has 0 amide bonds. The monoisotopic (exact) mass is 776 g/mol. The Morgan fingerprint density at radius 1 is 0.300 bits per heavy atom. The van der Waals surface area contributed by atoms with Gasteiger partial charge in [0.15, 0.2) is 0 Å². The molecule has 0 unspecified atom stereocenters. The van der Waals surface area contributed by atoms with E-state index in [9.17, 15) is 0 Å². The van der Waals surface area contributed by atoms with Crippen molar-refractivity contribution in [2.75, 3.05) is 9.80 Å². The Bertz CT molecular complexity index is 2600. The summed E-state index contributed by atoms with van der Waals surface area (Å²) < 4.78 is 0. The molecule has 9 rings (SSSR count). The maximum atomic E-state index is 2.42. The van der Waals surface area contributed by atoms with Crippen LogP contribution in [0.4, 0.5) is 34.1 Å². The van der Waals surface area contributed by atoms with Gasteiger partial charge in [0.1, 0.15) is 0 Å². The van der Waals surface area contributed by atoms with Crippen molar-refractivity contribution in [3.05, 3.63) is 217 Å². The van der Waals surface area contributed by atoms with Crippen molar-refractivity contribution in [1.82, 2.24) is 0 Å². The smallest absolute Gasteiger partial charge is 0.0468 e. The van der Waals surface area contributed by atoms with Gasteiger partial charge in [-0.25, -0.2) is 0 Å². The number of rotatable bonds is 14. The summed E-state index contributed by atoms with van der Waals surface area (Å²) in [6, 6.07) is 76.0. The third-order valence-corrected chi connectivity index (χ3v) is 11.8. The molecule has 0 spiro atoms.